The van der Waals surface area contributed by atoms with Crippen molar-refractivity contribution in [1.82, 2.24) is 9.62 Å². The van der Waals surface area contributed by atoms with Gasteiger partial charge in [-0.3, -0.25) is 4.79 Å². The van der Waals surface area contributed by atoms with Gasteiger partial charge in [-0.25, -0.2) is 17.6 Å². The van der Waals surface area contributed by atoms with E-state index in [2.05, 4.69) is 0 Å². The Labute approximate surface area is 165 Å². The smallest absolute Gasteiger partial charge is 0.405 e. The molecule has 1 amide bonds. The Morgan fingerprint density at radius 3 is 2.41 bits per heavy atom. The molecular weight excluding hydrogens is 420 g/mol. The molecule has 0 saturated carbocycles. The zero-order chi connectivity index (χ0) is 21.8. The highest BCUT2D eigenvalue weighted by molar-refractivity contribution is 7.89. The van der Waals surface area contributed by atoms with Crippen LogP contribution in [0.1, 0.15) is 36.5 Å². The van der Waals surface area contributed by atoms with Crippen molar-refractivity contribution in [2.24, 2.45) is 0 Å². The highest BCUT2D eigenvalue weighted by Crippen LogP contribution is 2.24. The van der Waals surface area contributed by atoms with Crippen molar-refractivity contribution in [1.29, 1.82) is 0 Å². The van der Waals surface area contributed by atoms with Crippen LogP contribution in [-0.4, -0.2) is 56.5 Å². The minimum atomic E-state index is -4.63. The van der Waals surface area contributed by atoms with Gasteiger partial charge in [-0.1, -0.05) is 6.42 Å². The van der Waals surface area contributed by atoms with Gasteiger partial charge in [0.25, 0.3) is 5.91 Å². The quantitative estimate of drug-likeness (QED) is 0.541. The number of piperidine rings is 1. The number of carbonyl (C=O) groups excluding carboxylic acids is 2. The van der Waals surface area contributed by atoms with E-state index in [4.69, 9.17) is 4.74 Å². The van der Waals surface area contributed by atoms with Crippen LogP contribution in [0.4, 0.5) is 17.6 Å². The maximum absolute atomic E-state index is 14.2. The van der Waals surface area contributed by atoms with Crippen LogP contribution in [0.5, 0.6) is 0 Å². The summed E-state index contributed by atoms with van der Waals surface area (Å²) in [4.78, 5) is 23.1. The predicted molar refractivity (Wildman–Crippen MR) is 93.0 cm³/mol. The molecule has 0 aromatic heterocycles. The Kier molecular flexibility index (Phi) is 7.22. The molecule has 0 bridgehead atoms. The molecule has 1 aromatic carbocycles. The Balaban J connectivity index is 2.14. The van der Waals surface area contributed by atoms with Crippen LogP contribution in [-0.2, 0) is 19.6 Å². The maximum atomic E-state index is 14.2. The molecule has 12 heteroatoms. The van der Waals surface area contributed by atoms with E-state index in [1.54, 1.807) is 5.32 Å². The summed E-state index contributed by atoms with van der Waals surface area (Å²) < 4.78 is 81.8. The molecule has 1 aliphatic heterocycles. The van der Waals surface area contributed by atoms with Gasteiger partial charge in [0.1, 0.15) is 17.3 Å². The van der Waals surface area contributed by atoms with Crippen molar-refractivity contribution >= 4 is 21.9 Å². The molecule has 1 fully saturated rings. The van der Waals surface area contributed by atoms with E-state index in [9.17, 15) is 35.6 Å². The fraction of sp³-hybridized carbons (Fsp3) is 0.529. The average molecular weight is 440 g/mol. The zero-order valence-corrected chi connectivity index (χ0v) is 16.3. The average Bonchev–Trinajstić information content (AvgIpc) is 2.66. The molecule has 1 saturated heterocycles. The minimum Gasteiger partial charge on any atom is -0.449 e. The summed E-state index contributed by atoms with van der Waals surface area (Å²) >= 11 is 0. The zero-order valence-electron chi connectivity index (χ0n) is 15.5. The third-order valence-corrected chi connectivity index (χ3v) is 6.13. The number of sulfonamides is 1. The van der Waals surface area contributed by atoms with Gasteiger partial charge in [0.2, 0.25) is 10.0 Å². The number of nitrogens with one attached hydrogen (secondary N) is 1. The Morgan fingerprint density at radius 2 is 1.83 bits per heavy atom. The predicted octanol–water partition coefficient (Wildman–Crippen LogP) is 2.22. The van der Waals surface area contributed by atoms with Crippen LogP contribution >= 0.6 is 0 Å². The molecule has 1 N–H and O–H groups in total. The van der Waals surface area contributed by atoms with Crippen molar-refractivity contribution in [3.05, 3.63) is 29.6 Å². The van der Waals surface area contributed by atoms with E-state index in [1.807, 2.05) is 0 Å². The lowest BCUT2D eigenvalue weighted by Crippen LogP contribution is -2.40. The number of esters is 1. The molecule has 7 nitrogen and oxygen atoms in total. The highest BCUT2D eigenvalue weighted by atomic mass is 32.2. The lowest BCUT2D eigenvalue weighted by Gasteiger charge is -2.26. The topological polar surface area (TPSA) is 92.8 Å². The van der Waals surface area contributed by atoms with Gasteiger partial charge in [0.15, 0.2) is 6.10 Å². The summed E-state index contributed by atoms with van der Waals surface area (Å²) in [5.74, 6) is -3.41. The molecule has 1 atom stereocenters. The van der Waals surface area contributed by atoms with Crippen LogP contribution in [0.3, 0.4) is 0 Å². The molecular formula is C17H20F4N2O5S. The fourth-order valence-corrected chi connectivity index (χ4v) is 4.29. The molecule has 1 unspecified atom stereocenters. The largest absolute Gasteiger partial charge is 0.449 e. The second-order valence-electron chi connectivity index (χ2n) is 6.49. The lowest BCUT2D eigenvalue weighted by molar-refractivity contribution is -0.143. The molecule has 162 valence electrons. The molecule has 1 heterocycles. The number of nitrogens with zero attached hydrogens (tertiary/aromatic N) is 1. The van der Waals surface area contributed by atoms with Crippen molar-refractivity contribution in [2.45, 2.75) is 43.4 Å². The van der Waals surface area contributed by atoms with Crippen molar-refractivity contribution in [3.8, 4) is 0 Å². The van der Waals surface area contributed by atoms with Crippen LogP contribution in [0.25, 0.3) is 0 Å². The Bertz CT molecular complexity index is 867. The molecule has 1 aliphatic rings. The SMILES string of the molecule is CC(OC(=O)c1ccc(F)c(S(=O)(=O)N2CCCCC2)c1)C(=O)NCC(F)(F)F. The normalized spacial score (nSPS) is 16.9. The van der Waals surface area contributed by atoms with E-state index < -0.39 is 51.4 Å². The van der Waals surface area contributed by atoms with E-state index in [1.165, 1.54) is 0 Å². The molecule has 1 aromatic rings. The third-order valence-electron chi connectivity index (χ3n) is 4.22. The van der Waals surface area contributed by atoms with Crippen LogP contribution in [0.15, 0.2) is 23.1 Å². The third kappa shape index (κ3) is 6.13. The molecule has 0 radical (unpaired) electrons. The number of amides is 1. The molecule has 0 spiro atoms. The van der Waals surface area contributed by atoms with Gasteiger partial charge in [-0.2, -0.15) is 17.5 Å². The summed E-state index contributed by atoms with van der Waals surface area (Å²) in [6.07, 6.45) is -4.08. The second kappa shape index (κ2) is 9.08. The van der Waals surface area contributed by atoms with Gasteiger partial charge < -0.3 is 10.1 Å². The van der Waals surface area contributed by atoms with Gasteiger partial charge in [-0.15, -0.1) is 0 Å². The number of rotatable bonds is 6. The van der Waals surface area contributed by atoms with E-state index in [0.717, 1.165) is 35.8 Å². The van der Waals surface area contributed by atoms with Crippen LogP contribution < -0.4 is 5.32 Å². The van der Waals surface area contributed by atoms with Gasteiger partial charge in [-0.05, 0) is 38.0 Å². The lowest BCUT2D eigenvalue weighted by atomic mass is 10.2. The van der Waals surface area contributed by atoms with Crippen LogP contribution in [0.2, 0.25) is 0 Å². The summed E-state index contributed by atoms with van der Waals surface area (Å²) in [6.45, 7) is -0.0826. The number of benzene rings is 1. The first-order valence-corrected chi connectivity index (χ1v) is 10.2. The Morgan fingerprint density at radius 1 is 1.21 bits per heavy atom. The first kappa shape index (κ1) is 23.1. The summed E-state index contributed by atoms with van der Waals surface area (Å²) in [7, 11) is -4.17. The highest BCUT2D eigenvalue weighted by Gasteiger charge is 2.31. The van der Waals surface area contributed by atoms with Gasteiger partial charge >= 0.3 is 12.1 Å². The number of halogens is 4. The number of ether oxygens (including phenoxy) is 1. The van der Waals surface area contributed by atoms with Crippen molar-refractivity contribution in [3.63, 3.8) is 0 Å². The number of alkyl halides is 3. The number of hydrogen-bond acceptors (Lipinski definition) is 5. The monoisotopic (exact) mass is 440 g/mol. The summed E-state index contributed by atoms with van der Waals surface area (Å²) in [6, 6.07) is 2.54. The standard InChI is InChI=1S/C17H20F4N2O5S/c1-11(15(24)22-10-17(19,20)21)28-16(25)12-5-6-13(18)14(9-12)29(26,27)23-7-3-2-4-8-23/h5-6,9,11H,2-4,7-8,10H2,1H3,(H,22,24). The van der Waals surface area contributed by atoms with Crippen molar-refractivity contribution < 1.29 is 40.3 Å². The van der Waals surface area contributed by atoms with Crippen molar-refractivity contribution in [2.75, 3.05) is 19.6 Å². The number of hydrogen-bond donors (Lipinski definition) is 1. The van der Waals surface area contributed by atoms with E-state index >= 15 is 0 Å². The molecule has 0 aliphatic carbocycles. The number of carbonyl (C=O) groups is 2. The van der Waals surface area contributed by atoms with Gasteiger partial charge in [0.05, 0.1) is 5.56 Å². The first-order chi connectivity index (χ1) is 13.4. The second-order valence-corrected chi connectivity index (χ2v) is 8.40. The maximum Gasteiger partial charge on any atom is 0.405 e. The van der Waals surface area contributed by atoms with E-state index in [-0.39, 0.29) is 18.7 Å². The fourth-order valence-electron chi connectivity index (χ4n) is 2.69. The Hall–Kier alpha value is -2.21. The minimum absolute atomic E-state index is 0.229. The molecule has 2 rings (SSSR count). The summed E-state index contributed by atoms with van der Waals surface area (Å²) in [5, 5.41) is 1.56. The van der Waals surface area contributed by atoms with Gasteiger partial charge in [0, 0.05) is 13.1 Å². The summed E-state index contributed by atoms with van der Waals surface area (Å²) in [5.41, 5.74) is -0.350. The van der Waals surface area contributed by atoms with Crippen LogP contribution in [0, 0.1) is 5.82 Å². The first-order valence-electron chi connectivity index (χ1n) is 8.77. The van der Waals surface area contributed by atoms with E-state index in [0.29, 0.717) is 12.8 Å². The molecule has 29 heavy (non-hydrogen) atoms.